The van der Waals surface area contributed by atoms with Crippen molar-refractivity contribution >= 4 is 11.6 Å². The fourth-order valence-corrected chi connectivity index (χ4v) is 1.92. The van der Waals surface area contributed by atoms with Gasteiger partial charge in [-0.15, -0.1) is 0 Å². The molecule has 0 aliphatic heterocycles. The number of rotatable bonds is 6. The molecule has 0 saturated heterocycles. The Hall–Kier alpha value is -2.54. The van der Waals surface area contributed by atoms with Gasteiger partial charge in [0.1, 0.15) is 18.2 Å². The molecule has 0 fully saturated rings. The molecular formula is C18H20F2N2O3. The van der Waals surface area contributed by atoms with E-state index in [1.165, 1.54) is 18.3 Å². The number of amides is 1. The first-order valence-electron chi connectivity index (χ1n) is 7.73. The van der Waals surface area contributed by atoms with Crippen molar-refractivity contribution in [3.8, 4) is 5.88 Å². The predicted molar refractivity (Wildman–Crippen MR) is 89.7 cm³/mol. The zero-order valence-corrected chi connectivity index (χ0v) is 14.3. The van der Waals surface area contributed by atoms with Gasteiger partial charge in [-0.25, -0.2) is 13.8 Å². The van der Waals surface area contributed by atoms with E-state index < -0.39 is 17.5 Å². The molecule has 2 rings (SSSR count). The van der Waals surface area contributed by atoms with E-state index in [4.69, 9.17) is 9.47 Å². The van der Waals surface area contributed by atoms with Gasteiger partial charge in [0, 0.05) is 24.0 Å². The van der Waals surface area contributed by atoms with Crippen molar-refractivity contribution in [1.29, 1.82) is 0 Å². The topological polar surface area (TPSA) is 60.5 Å². The summed E-state index contributed by atoms with van der Waals surface area (Å²) in [5, 5.41) is 2.41. The van der Waals surface area contributed by atoms with Crippen molar-refractivity contribution in [3.63, 3.8) is 0 Å². The van der Waals surface area contributed by atoms with Gasteiger partial charge >= 0.3 is 0 Å². The molecule has 0 bridgehead atoms. The second-order valence-corrected chi connectivity index (χ2v) is 6.31. The molecule has 2 aromatic rings. The Morgan fingerprint density at radius 3 is 2.36 bits per heavy atom. The van der Waals surface area contributed by atoms with Crippen molar-refractivity contribution in [3.05, 3.63) is 53.7 Å². The molecule has 1 aromatic heterocycles. The number of benzene rings is 1. The van der Waals surface area contributed by atoms with Crippen LogP contribution in [0.2, 0.25) is 0 Å². The molecule has 0 aliphatic rings. The number of pyridine rings is 1. The molecule has 5 nitrogen and oxygen atoms in total. The predicted octanol–water partition coefficient (Wildman–Crippen LogP) is 3.81. The number of anilines is 1. The van der Waals surface area contributed by atoms with Crippen molar-refractivity contribution in [1.82, 2.24) is 4.98 Å². The highest BCUT2D eigenvalue weighted by Gasteiger charge is 2.11. The Labute approximate surface area is 145 Å². The fourth-order valence-electron chi connectivity index (χ4n) is 1.92. The summed E-state index contributed by atoms with van der Waals surface area (Å²) < 4.78 is 37.2. The highest BCUT2D eigenvalue weighted by molar-refractivity contribution is 6.04. The minimum atomic E-state index is -0.769. The first kappa shape index (κ1) is 18.8. The van der Waals surface area contributed by atoms with Crippen LogP contribution in [0, 0.1) is 11.6 Å². The van der Waals surface area contributed by atoms with Gasteiger partial charge in [-0.2, -0.15) is 0 Å². The van der Waals surface area contributed by atoms with E-state index in [9.17, 15) is 13.6 Å². The summed E-state index contributed by atoms with van der Waals surface area (Å²) >= 11 is 0. The molecule has 0 atom stereocenters. The smallest absolute Gasteiger partial charge is 0.257 e. The number of nitrogens with zero attached hydrogens (tertiary/aromatic N) is 1. The highest BCUT2D eigenvalue weighted by Crippen LogP contribution is 2.15. The summed E-state index contributed by atoms with van der Waals surface area (Å²) in [7, 11) is 0. The molecule has 0 spiro atoms. The van der Waals surface area contributed by atoms with E-state index in [1.807, 2.05) is 20.8 Å². The molecular weight excluding hydrogens is 330 g/mol. The van der Waals surface area contributed by atoms with Crippen LogP contribution in [0.25, 0.3) is 0 Å². The maximum absolute atomic E-state index is 13.1. The Kier molecular flexibility index (Phi) is 6.03. The number of hydrogen-bond donors (Lipinski definition) is 1. The monoisotopic (exact) mass is 350 g/mol. The van der Waals surface area contributed by atoms with Gasteiger partial charge in [-0.1, -0.05) is 0 Å². The quantitative estimate of drug-likeness (QED) is 0.805. The van der Waals surface area contributed by atoms with E-state index in [2.05, 4.69) is 10.3 Å². The molecule has 7 heteroatoms. The Balaban J connectivity index is 1.89. The standard InChI is InChI=1S/C18H20F2N2O3/c1-18(2,3)25-7-6-24-16-5-4-12(11-21-16)17(23)22-15-9-13(19)8-14(20)10-15/h4-5,8-11H,6-7H2,1-3H3,(H,22,23). The van der Waals surface area contributed by atoms with Crippen LogP contribution in [0.1, 0.15) is 31.1 Å². The van der Waals surface area contributed by atoms with E-state index in [1.54, 1.807) is 0 Å². The lowest BCUT2D eigenvalue weighted by molar-refractivity contribution is -0.0168. The minimum Gasteiger partial charge on any atom is -0.475 e. The number of carbonyl (C=O) groups excluding carboxylic acids is 1. The van der Waals surface area contributed by atoms with Crippen LogP contribution in [0.4, 0.5) is 14.5 Å². The van der Waals surface area contributed by atoms with Crippen molar-refractivity contribution < 1.29 is 23.0 Å². The van der Waals surface area contributed by atoms with Crippen LogP contribution in [0.3, 0.4) is 0 Å². The molecule has 1 N–H and O–H groups in total. The van der Waals surface area contributed by atoms with Gasteiger partial charge in [-0.05, 0) is 39.0 Å². The highest BCUT2D eigenvalue weighted by atomic mass is 19.1. The number of halogens is 2. The summed E-state index contributed by atoms with van der Waals surface area (Å²) in [6.45, 7) is 6.59. The van der Waals surface area contributed by atoms with Crippen LogP contribution >= 0.6 is 0 Å². The third kappa shape index (κ3) is 6.46. The van der Waals surface area contributed by atoms with Gasteiger partial charge in [0.05, 0.1) is 17.8 Å². The molecule has 25 heavy (non-hydrogen) atoms. The molecule has 1 aromatic carbocycles. The Bertz CT molecular complexity index is 708. The SMILES string of the molecule is CC(C)(C)OCCOc1ccc(C(=O)Nc2cc(F)cc(F)c2)cn1. The third-order valence-corrected chi connectivity index (χ3v) is 2.99. The summed E-state index contributed by atoms with van der Waals surface area (Å²) in [6, 6.07) is 5.84. The second-order valence-electron chi connectivity index (χ2n) is 6.31. The molecule has 0 radical (unpaired) electrons. The second kappa shape index (κ2) is 8.02. The van der Waals surface area contributed by atoms with E-state index in [-0.39, 0.29) is 16.9 Å². The lowest BCUT2D eigenvalue weighted by Crippen LogP contribution is -2.22. The van der Waals surface area contributed by atoms with Crippen LogP contribution in [0.15, 0.2) is 36.5 Å². The van der Waals surface area contributed by atoms with E-state index >= 15 is 0 Å². The van der Waals surface area contributed by atoms with Gasteiger partial charge in [-0.3, -0.25) is 4.79 Å². The number of carbonyl (C=O) groups is 1. The number of nitrogens with one attached hydrogen (secondary N) is 1. The molecule has 1 heterocycles. The maximum Gasteiger partial charge on any atom is 0.257 e. The number of hydrogen-bond acceptors (Lipinski definition) is 4. The lowest BCUT2D eigenvalue weighted by Gasteiger charge is -2.19. The van der Waals surface area contributed by atoms with Gasteiger partial charge in [0.25, 0.3) is 5.91 Å². The van der Waals surface area contributed by atoms with Crippen molar-refractivity contribution in [2.45, 2.75) is 26.4 Å². The van der Waals surface area contributed by atoms with Gasteiger partial charge in [0.2, 0.25) is 5.88 Å². The molecule has 0 saturated carbocycles. The first-order valence-corrected chi connectivity index (χ1v) is 7.73. The zero-order valence-electron chi connectivity index (χ0n) is 14.3. The van der Waals surface area contributed by atoms with Gasteiger partial charge < -0.3 is 14.8 Å². The summed E-state index contributed by atoms with van der Waals surface area (Å²) in [5.74, 6) is -1.71. The van der Waals surface area contributed by atoms with E-state index in [0.29, 0.717) is 19.1 Å². The lowest BCUT2D eigenvalue weighted by atomic mass is 10.2. The summed E-state index contributed by atoms with van der Waals surface area (Å²) in [6.07, 6.45) is 1.32. The minimum absolute atomic E-state index is 0.0298. The van der Waals surface area contributed by atoms with E-state index in [0.717, 1.165) is 18.2 Å². The van der Waals surface area contributed by atoms with Crippen molar-refractivity contribution in [2.24, 2.45) is 0 Å². The van der Waals surface area contributed by atoms with Crippen LogP contribution < -0.4 is 10.1 Å². The fraction of sp³-hybridized carbons (Fsp3) is 0.333. The summed E-state index contributed by atoms with van der Waals surface area (Å²) in [4.78, 5) is 16.1. The Morgan fingerprint density at radius 2 is 1.80 bits per heavy atom. The Morgan fingerprint density at radius 1 is 1.12 bits per heavy atom. The normalized spacial score (nSPS) is 11.2. The van der Waals surface area contributed by atoms with Crippen LogP contribution in [-0.2, 0) is 4.74 Å². The maximum atomic E-state index is 13.1. The third-order valence-electron chi connectivity index (χ3n) is 2.99. The zero-order chi connectivity index (χ0) is 18.4. The molecule has 0 unspecified atom stereocenters. The summed E-state index contributed by atoms with van der Waals surface area (Å²) in [5.41, 5.74) is 0.0277. The van der Waals surface area contributed by atoms with Crippen molar-refractivity contribution in [2.75, 3.05) is 18.5 Å². The average Bonchev–Trinajstić information content (AvgIpc) is 2.50. The number of aromatic nitrogens is 1. The van der Waals surface area contributed by atoms with Gasteiger partial charge in [0.15, 0.2) is 0 Å². The first-order chi connectivity index (χ1) is 11.7. The molecule has 134 valence electrons. The number of ether oxygens (including phenoxy) is 2. The van der Waals surface area contributed by atoms with Crippen LogP contribution in [-0.4, -0.2) is 29.7 Å². The molecule has 1 amide bonds. The van der Waals surface area contributed by atoms with Crippen LogP contribution in [0.5, 0.6) is 5.88 Å². The largest absolute Gasteiger partial charge is 0.475 e. The average molecular weight is 350 g/mol. The molecule has 0 aliphatic carbocycles.